The lowest BCUT2D eigenvalue weighted by molar-refractivity contribution is 0.454. The third kappa shape index (κ3) is 4.27. The number of rotatable bonds is 6. The Labute approximate surface area is 122 Å². The Balaban J connectivity index is 2.01. The molecule has 0 spiro atoms. The smallest absolute Gasteiger partial charge is 0.260 e. The van der Waals surface area contributed by atoms with Crippen LogP contribution in [0.25, 0.3) is 0 Å². The molecule has 2 aromatic rings. The summed E-state index contributed by atoms with van der Waals surface area (Å²) in [6.45, 7) is 5.86. The van der Waals surface area contributed by atoms with Gasteiger partial charge in [0.05, 0.1) is 5.69 Å². The van der Waals surface area contributed by atoms with Crippen LogP contribution in [-0.4, -0.2) is 11.5 Å². The van der Waals surface area contributed by atoms with E-state index in [0.717, 1.165) is 40.7 Å². The zero-order valence-electron chi connectivity index (χ0n) is 11.1. The molecule has 0 aliphatic carbocycles. The van der Waals surface area contributed by atoms with Crippen LogP contribution in [0.15, 0.2) is 39.0 Å². The summed E-state index contributed by atoms with van der Waals surface area (Å²) >= 11 is 7.75. The first-order valence-corrected chi connectivity index (χ1v) is 7.47. The maximum atomic E-state index is 6.28. The lowest BCUT2D eigenvalue weighted by atomic mass is 10.2. The summed E-state index contributed by atoms with van der Waals surface area (Å²) in [5, 5.41) is 4.76. The normalized spacial score (nSPS) is 10.9. The van der Waals surface area contributed by atoms with Gasteiger partial charge in [-0.05, 0) is 49.3 Å². The molecule has 19 heavy (non-hydrogen) atoms. The Hall–Kier alpha value is -0.970. The summed E-state index contributed by atoms with van der Waals surface area (Å²) in [5.74, 6) is 0. The molecular formula is C14H17ClN2OS. The van der Waals surface area contributed by atoms with Crippen LogP contribution in [0.5, 0.6) is 0 Å². The summed E-state index contributed by atoms with van der Waals surface area (Å²) in [6, 6.07) is 6.04. The van der Waals surface area contributed by atoms with Crippen LogP contribution >= 0.6 is 23.4 Å². The minimum Gasteiger partial charge on any atom is -0.439 e. The van der Waals surface area contributed by atoms with Gasteiger partial charge in [0.1, 0.15) is 6.26 Å². The van der Waals surface area contributed by atoms with Crippen LogP contribution in [-0.2, 0) is 6.54 Å². The van der Waals surface area contributed by atoms with E-state index in [2.05, 4.69) is 17.2 Å². The van der Waals surface area contributed by atoms with Crippen molar-refractivity contribution in [3.05, 3.63) is 40.7 Å². The van der Waals surface area contributed by atoms with Crippen molar-refractivity contribution in [2.45, 2.75) is 36.9 Å². The van der Waals surface area contributed by atoms with Gasteiger partial charge in [0.15, 0.2) is 0 Å². The SMILES string of the molecule is CCCNCc1ccc(Sc2nc(C)co2)cc1Cl. The molecule has 1 heterocycles. The fraction of sp³-hybridized carbons (Fsp3) is 0.357. The van der Waals surface area contributed by atoms with Gasteiger partial charge in [0, 0.05) is 16.5 Å². The molecule has 0 unspecified atom stereocenters. The van der Waals surface area contributed by atoms with E-state index in [1.807, 2.05) is 25.1 Å². The van der Waals surface area contributed by atoms with Gasteiger partial charge in [-0.2, -0.15) is 0 Å². The summed E-state index contributed by atoms with van der Waals surface area (Å²) in [7, 11) is 0. The highest BCUT2D eigenvalue weighted by Crippen LogP contribution is 2.30. The van der Waals surface area contributed by atoms with Crippen LogP contribution in [0.2, 0.25) is 5.02 Å². The topological polar surface area (TPSA) is 38.1 Å². The molecule has 0 fully saturated rings. The summed E-state index contributed by atoms with van der Waals surface area (Å²) in [4.78, 5) is 5.29. The number of hydrogen-bond acceptors (Lipinski definition) is 4. The molecule has 0 saturated heterocycles. The van der Waals surface area contributed by atoms with Crippen LogP contribution < -0.4 is 5.32 Å². The van der Waals surface area contributed by atoms with E-state index in [0.29, 0.717) is 5.22 Å². The van der Waals surface area contributed by atoms with Crippen molar-refractivity contribution in [3.8, 4) is 0 Å². The average molecular weight is 297 g/mol. The Morgan fingerprint density at radius 1 is 1.42 bits per heavy atom. The third-order valence-electron chi connectivity index (χ3n) is 2.57. The highest BCUT2D eigenvalue weighted by Gasteiger charge is 2.06. The molecule has 5 heteroatoms. The number of oxazole rings is 1. The molecule has 0 radical (unpaired) electrons. The summed E-state index contributed by atoms with van der Waals surface area (Å²) in [5.41, 5.74) is 2.00. The highest BCUT2D eigenvalue weighted by atomic mass is 35.5. The monoisotopic (exact) mass is 296 g/mol. The fourth-order valence-corrected chi connectivity index (χ4v) is 2.73. The van der Waals surface area contributed by atoms with E-state index >= 15 is 0 Å². The molecular weight excluding hydrogens is 280 g/mol. The summed E-state index contributed by atoms with van der Waals surface area (Å²) < 4.78 is 5.31. The van der Waals surface area contributed by atoms with E-state index in [9.17, 15) is 0 Å². The number of nitrogens with zero attached hydrogens (tertiary/aromatic N) is 1. The molecule has 0 amide bonds. The first-order valence-electron chi connectivity index (χ1n) is 6.28. The maximum absolute atomic E-state index is 6.28. The van der Waals surface area contributed by atoms with Gasteiger partial charge in [0.25, 0.3) is 5.22 Å². The molecule has 0 aliphatic rings. The van der Waals surface area contributed by atoms with Crippen molar-refractivity contribution >= 4 is 23.4 Å². The minimum atomic E-state index is 0.644. The number of aryl methyl sites for hydroxylation is 1. The first kappa shape index (κ1) is 14.4. The molecule has 1 aromatic carbocycles. The van der Waals surface area contributed by atoms with Crippen LogP contribution in [0.4, 0.5) is 0 Å². The standard InChI is InChI=1S/C14H17ClN2OS/c1-3-6-16-8-11-4-5-12(7-13(11)15)19-14-17-10(2)9-18-14/h4-5,7,9,16H,3,6,8H2,1-2H3. The van der Waals surface area contributed by atoms with Gasteiger partial charge in [-0.1, -0.05) is 24.6 Å². The van der Waals surface area contributed by atoms with Crippen molar-refractivity contribution < 1.29 is 4.42 Å². The summed E-state index contributed by atoms with van der Waals surface area (Å²) in [6.07, 6.45) is 2.77. The first-order chi connectivity index (χ1) is 9.19. The Morgan fingerprint density at radius 2 is 2.26 bits per heavy atom. The van der Waals surface area contributed by atoms with Crippen molar-refractivity contribution in [1.29, 1.82) is 0 Å². The molecule has 1 aromatic heterocycles. The Morgan fingerprint density at radius 3 is 2.89 bits per heavy atom. The predicted octanol–water partition coefficient (Wildman–Crippen LogP) is 4.29. The van der Waals surface area contributed by atoms with Gasteiger partial charge in [-0.25, -0.2) is 4.98 Å². The molecule has 3 nitrogen and oxygen atoms in total. The number of halogens is 1. The minimum absolute atomic E-state index is 0.644. The van der Waals surface area contributed by atoms with Crippen molar-refractivity contribution in [1.82, 2.24) is 10.3 Å². The Bertz CT molecular complexity index is 542. The number of hydrogen-bond donors (Lipinski definition) is 1. The van der Waals surface area contributed by atoms with Crippen molar-refractivity contribution in [3.63, 3.8) is 0 Å². The molecule has 0 bridgehead atoms. The number of nitrogens with one attached hydrogen (secondary N) is 1. The van der Waals surface area contributed by atoms with Gasteiger partial charge < -0.3 is 9.73 Å². The Kier molecular flexibility index (Phi) is 5.31. The lowest BCUT2D eigenvalue weighted by Gasteiger charge is -2.07. The number of aromatic nitrogens is 1. The van der Waals surface area contributed by atoms with E-state index in [1.165, 1.54) is 11.8 Å². The van der Waals surface area contributed by atoms with Gasteiger partial charge >= 0.3 is 0 Å². The lowest BCUT2D eigenvalue weighted by Crippen LogP contribution is -2.13. The van der Waals surface area contributed by atoms with Crippen LogP contribution in [0.3, 0.4) is 0 Å². The second kappa shape index (κ2) is 6.98. The van der Waals surface area contributed by atoms with Gasteiger partial charge in [0.2, 0.25) is 0 Å². The zero-order chi connectivity index (χ0) is 13.7. The quantitative estimate of drug-likeness (QED) is 0.807. The maximum Gasteiger partial charge on any atom is 0.260 e. The van der Waals surface area contributed by atoms with E-state index in [-0.39, 0.29) is 0 Å². The predicted molar refractivity (Wildman–Crippen MR) is 78.8 cm³/mol. The second-order valence-corrected chi connectivity index (χ2v) is 5.72. The third-order valence-corrected chi connectivity index (χ3v) is 3.77. The van der Waals surface area contributed by atoms with Gasteiger partial charge in [-0.15, -0.1) is 0 Å². The van der Waals surface area contributed by atoms with Crippen molar-refractivity contribution in [2.24, 2.45) is 0 Å². The highest BCUT2D eigenvalue weighted by molar-refractivity contribution is 7.99. The average Bonchev–Trinajstić information content (AvgIpc) is 2.78. The molecule has 102 valence electrons. The molecule has 0 aliphatic heterocycles. The number of benzene rings is 1. The van der Waals surface area contributed by atoms with E-state index in [1.54, 1.807) is 6.26 Å². The largest absolute Gasteiger partial charge is 0.439 e. The van der Waals surface area contributed by atoms with Crippen molar-refractivity contribution in [2.75, 3.05) is 6.54 Å². The van der Waals surface area contributed by atoms with Crippen LogP contribution in [0, 0.1) is 6.92 Å². The fourth-order valence-electron chi connectivity index (χ4n) is 1.61. The molecule has 2 rings (SSSR count). The van der Waals surface area contributed by atoms with E-state index < -0.39 is 0 Å². The van der Waals surface area contributed by atoms with E-state index in [4.69, 9.17) is 16.0 Å². The van der Waals surface area contributed by atoms with Gasteiger partial charge in [-0.3, -0.25) is 0 Å². The van der Waals surface area contributed by atoms with Crippen LogP contribution in [0.1, 0.15) is 24.6 Å². The molecule has 0 atom stereocenters. The zero-order valence-corrected chi connectivity index (χ0v) is 12.6. The molecule has 1 N–H and O–H groups in total. The molecule has 0 saturated carbocycles. The second-order valence-electron chi connectivity index (χ2n) is 4.29.